The van der Waals surface area contributed by atoms with Crippen molar-refractivity contribution in [2.75, 3.05) is 6.54 Å². The van der Waals surface area contributed by atoms with Crippen LogP contribution in [0.2, 0.25) is 0 Å². The van der Waals surface area contributed by atoms with Crippen molar-refractivity contribution in [1.29, 1.82) is 0 Å². The van der Waals surface area contributed by atoms with Crippen LogP contribution in [0.1, 0.15) is 32.6 Å². The van der Waals surface area contributed by atoms with E-state index in [1.165, 1.54) is 18.2 Å². The normalized spacial score (nSPS) is 12.1. The van der Waals surface area contributed by atoms with Gasteiger partial charge in [-0.15, -0.1) is 0 Å². The highest BCUT2D eigenvalue weighted by molar-refractivity contribution is 5.77. The molecular weight excluding hydrogens is 266 g/mol. The van der Waals surface area contributed by atoms with Gasteiger partial charge in [-0.3, -0.25) is 0 Å². The molecule has 0 bridgehead atoms. The van der Waals surface area contributed by atoms with Crippen molar-refractivity contribution in [2.45, 2.75) is 44.9 Å². The van der Waals surface area contributed by atoms with Crippen LogP contribution in [-0.2, 0) is 23.9 Å². The van der Waals surface area contributed by atoms with Crippen LogP contribution in [0.25, 0.3) is 0 Å². The lowest BCUT2D eigenvalue weighted by atomic mass is 10.1. The second-order valence-corrected chi connectivity index (χ2v) is 3.73. The Morgan fingerprint density at radius 1 is 1.10 bits per heavy atom. The first-order chi connectivity index (χ1) is 9.69. The van der Waals surface area contributed by atoms with Crippen molar-refractivity contribution in [3.05, 3.63) is 0 Å². The molecule has 0 rings (SSSR count). The zero-order valence-electron chi connectivity index (χ0n) is 11.1. The molecule has 0 aliphatic rings. The molecule has 20 heavy (non-hydrogen) atoms. The number of ether oxygens (including phenoxy) is 1. The summed E-state index contributed by atoms with van der Waals surface area (Å²) in [7, 11) is 0. The number of carbonyl (C=O) groups is 1. The predicted octanol–water partition coefficient (Wildman–Crippen LogP) is 0.812. The summed E-state index contributed by atoms with van der Waals surface area (Å²) in [4.78, 5) is 52.0. The predicted molar refractivity (Wildman–Crippen MR) is 67.0 cm³/mol. The zero-order valence-corrected chi connectivity index (χ0v) is 11.1. The van der Waals surface area contributed by atoms with Crippen LogP contribution in [0.15, 0.2) is 15.0 Å². The monoisotopic (exact) mass is 281 g/mol. The highest BCUT2D eigenvalue weighted by Crippen LogP contribution is 2.10. The molecule has 108 valence electrons. The fourth-order valence-corrected chi connectivity index (χ4v) is 1.35. The summed E-state index contributed by atoms with van der Waals surface area (Å²) in [6.45, 7) is 1.97. The van der Waals surface area contributed by atoms with E-state index in [-0.39, 0.29) is 6.42 Å². The molecule has 0 N–H and O–H groups in total. The summed E-state index contributed by atoms with van der Waals surface area (Å²) in [6, 6.07) is -0.997. The largest absolute Gasteiger partial charge is 0.437 e. The van der Waals surface area contributed by atoms with Gasteiger partial charge in [0, 0.05) is 6.42 Å². The minimum absolute atomic E-state index is 0.254. The van der Waals surface area contributed by atoms with Gasteiger partial charge >= 0.3 is 5.97 Å². The highest BCUT2D eigenvalue weighted by Gasteiger charge is 2.22. The first-order valence-electron chi connectivity index (χ1n) is 6.07. The maximum absolute atomic E-state index is 11.7. The van der Waals surface area contributed by atoms with E-state index in [1.807, 2.05) is 0 Å². The van der Waals surface area contributed by atoms with Crippen molar-refractivity contribution in [1.82, 2.24) is 0 Å². The Morgan fingerprint density at radius 3 is 2.35 bits per heavy atom. The summed E-state index contributed by atoms with van der Waals surface area (Å²) < 4.78 is 4.91. The third-order valence-electron chi connectivity index (χ3n) is 2.34. The molecule has 0 saturated carbocycles. The van der Waals surface area contributed by atoms with Gasteiger partial charge in [-0.25, -0.2) is 24.2 Å². The minimum Gasteiger partial charge on any atom is -0.437 e. The number of hydrogen-bond donors (Lipinski definition) is 0. The number of rotatable bonds is 10. The van der Waals surface area contributed by atoms with Crippen LogP contribution >= 0.6 is 0 Å². The molecule has 2 unspecified atom stereocenters. The summed E-state index contributed by atoms with van der Waals surface area (Å²) in [6.07, 6.45) is 4.72. The van der Waals surface area contributed by atoms with E-state index in [4.69, 9.17) is 4.74 Å². The van der Waals surface area contributed by atoms with Gasteiger partial charge in [-0.05, 0) is 19.3 Å². The van der Waals surface area contributed by atoms with Crippen LogP contribution in [-0.4, -0.2) is 43.0 Å². The number of hydrogen-bond acceptors (Lipinski definition) is 8. The first-order valence-corrected chi connectivity index (χ1v) is 6.07. The van der Waals surface area contributed by atoms with E-state index >= 15 is 0 Å². The number of isocyanates is 3. The lowest BCUT2D eigenvalue weighted by Gasteiger charge is -2.13. The van der Waals surface area contributed by atoms with Gasteiger partial charge in [0.1, 0.15) is 0 Å². The molecule has 0 aromatic rings. The van der Waals surface area contributed by atoms with Gasteiger partial charge < -0.3 is 4.74 Å². The third-order valence-corrected chi connectivity index (χ3v) is 2.34. The second kappa shape index (κ2) is 11.7. The number of unbranched alkanes of at least 4 members (excludes halogenated alkanes) is 1. The van der Waals surface area contributed by atoms with Crippen molar-refractivity contribution in [3.8, 4) is 0 Å². The Hall–Kier alpha value is -2.39. The Morgan fingerprint density at radius 2 is 1.80 bits per heavy atom. The van der Waals surface area contributed by atoms with E-state index in [9.17, 15) is 19.2 Å². The molecule has 0 radical (unpaired) electrons. The van der Waals surface area contributed by atoms with E-state index in [1.54, 1.807) is 6.92 Å². The molecule has 8 heteroatoms. The van der Waals surface area contributed by atoms with Crippen LogP contribution in [0.3, 0.4) is 0 Å². The van der Waals surface area contributed by atoms with Gasteiger partial charge in [0.05, 0.1) is 6.54 Å². The maximum atomic E-state index is 11.7. The first kappa shape index (κ1) is 17.6. The molecule has 0 heterocycles. The number of nitrogens with zero attached hydrogens (tertiary/aromatic N) is 3. The molecule has 0 spiro atoms. The lowest BCUT2D eigenvalue weighted by molar-refractivity contribution is -0.150. The molecule has 8 nitrogen and oxygen atoms in total. The molecule has 0 aromatic carbocycles. The van der Waals surface area contributed by atoms with Crippen molar-refractivity contribution < 1.29 is 23.9 Å². The average Bonchev–Trinajstić information content (AvgIpc) is 2.45. The van der Waals surface area contributed by atoms with Gasteiger partial charge in [-0.1, -0.05) is 6.92 Å². The van der Waals surface area contributed by atoms with Crippen LogP contribution in [0.4, 0.5) is 0 Å². The van der Waals surface area contributed by atoms with E-state index in [0.29, 0.717) is 25.8 Å². The highest BCUT2D eigenvalue weighted by atomic mass is 16.6. The minimum atomic E-state index is -0.997. The zero-order chi connectivity index (χ0) is 15.2. The fraction of sp³-hybridized carbons (Fsp3) is 0.667. The Kier molecular flexibility index (Phi) is 10.3. The lowest BCUT2D eigenvalue weighted by Crippen LogP contribution is -2.26. The Bertz CT molecular complexity index is 446. The SMILES string of the molecule is CCC(N=C=O)OC(=O)C(CCCCN=C=O)N=C=O. The summed E-state index contributed by atoms with van der Waals surface area (Å²) >= 11 is 0. The summed E-state index contributed by atoms with van der Waals surface area (Å²) in [5, 5.41) is 0. The van der Waals surface area contributed by atoms with Gasteiger partial charge in [0.25, 0.3) is 0 Å². The molecule has 0 saturated heterocycles. The van der Waals surface area contributed by atoms with E-state index < -0.39 is 18.2 Å². The molecule has 2 atom stereocenters. The second-order valence-electron chi connectivity index (χ2n) is 3.73. The standard InChI is InChI=1S/C12H15N3O5/c1-2-11(15-9-18)20-12(19)10(14-8-17)5-3-4-6-13-7-16/h10-11H,2-6H2,1H3. The molecular formula is C12H15N3O5. The molecule has 0 fully saturated rings. The van der Waals surface area contributed by atoms with Crippen LogP contribution in [0.5, 0.6) is 0 Å². The van der Waals surface area contributed by atoms with Crippen molar-refractivity contribution in [2.24, 2.45) is 15.0 Å². The van der Waals surface area contributed by atoms with Gasteiger partial charge in [0.2, 0.25) is 24.5 Å². The number of carbonyl (C=O) groups excluding carboxylic acids is 4. The quantitative estimate of drug-likeness (QED) is 0.254. The average molecular weight is 281 g/mol. The summed E-state index contributed by atoms with van der Waals surface area (Å²) in [5.41, 5.74) is 0. The topological polar surface area (TPSA) is 115 Å². The number of esters is 1. The third kappa shape index (κ3) is 7.84. The molecule has 0 aliphatic heterocycles. The van der Waals surface area contributed by atoms with Crippen molar-refractivity contribution >= 4 is 24.2 Å². The Labute approximate surface area is 115 Å². The van der Waals surface area contributed by atoms with Crippen molar-refractivity contribution in [3.63, 3.8) is 0 Å². The molecule has 0 aliphatic carbocycles. The van der Waals surface area contributed by atoms with Crippen LogP contribution < -0.4 is 0 Å². The van der Waals surface area contributed by atoms with E-state index in [2.05, 4.69) is 15.0 Å². The van der Waals surface area contributed by atoms with Gasteiger partial charge in [-0.2, -0.15) is 9.98 Å². The van der Waals surface area contributed by atoms with Gasteiger partial charge in [0.15, 0.2) is 6.04 Å². The molecule has 0 amide bonds. The number of aliphatic imine (C=N–C) groups is 3. The fourth-order valence-electron chi connectivity index (χ4n) is 1.35. The van der Waals surface area contributed by atoms with Crippen LogP contribution in [0, 0.1) is 0 Å². The Balaban J connectivity index is 4.41. The smallest absolute Gasteiger partial charge is 0.333 e. The maximum Gasteiger partial charge on any atom is 0.333 e. The summed E-state index contributed by atoms with van der Waals surface area (Å²) in [5.74, 6) is -0.752. The van der Waals surface area contributed by atoms with E-state index in [0.717, 1.165) is 0 Å². The molecule has 0 aromatic heterocycles.